The van der Waals surface area contributed by atoms with Crippen molar-refractivity contribution in [2.75, 3.05) is 0 Å². The Labute approximate surface area is 225 Å². The molecule has 0 aliphatic heterocycles. The molecule has 1 fully saturated rings. The lowest BCUT2D eigenvalue weighted by atomic mass is 9.87. The molecular formula is C34H36O4. The minimum Gasteiger partial charge on any atom is -0.462 e. The molecule has 0 amide bonds. The maximum atomic E-state index is 12.9. The number of fused-ring (bicyclic) bond motifs is 2. The number of carbonyl (C=O) groups excluding carboxylic acids is 2. The van der Waals surface area contributed by atoms with Crippen LogP contribution in [0.15, 0.2) is 78.9 Å². The lowest BCUT2D eigenvalue weighted by Crippen LogP contribution is -2.30. The molecule has 1 aliphatic carbocycles. The van der Waals surface area contributed by atoms with Gasteiger partial charge in [0.15, 0.2) is 0 Å². The molecule has 2 unspecified atom stereocenters. The number of rotatable bonds is 7. The van der Waals surface area contributed by atoms with Crippen molar-refractivity contribution in [2.45, 2.75) is 65.1 Å². The molecule has 38 heavy (non-hydrogen) atoms. The summed E-state index contributed by atoms with van der Waals surface area (Å²) in [6.45, 7) is 5.81. The summed E-state index contributed by atoms with van der Waals surface area (Å²) < 4.78 is 11.5. The maximum absolute atomic E-state index is 12.9. The van der Waals surface area contributed by atoms with Crippen molar-refractivity contribution in [1.29, 1.82) is 0 Å². The number of hydrogen-bond acceptors (Lipinski definition) is 4. The van der Waals surface area contributed by atoms with Crippen molar-refractivity contribution >= 4 is 33.5 Å². The standard InChI is InChI=1S/C34H36O4/c1-4-22(2)33(35)38-32-16-14-25(15-17-32)34(36)37-23(3)26-10-11-28-21-31-19-27(24-8-6-5-7-9-24)12-13-29(31)20-30(28)18-26/h5-13,18-23,25,32H,4,14-17H2,1-3H3. The summed E-state index contributed by atoms with van der Waals surface area (Å²) in [5, 5.41) is 4.69. The van der Waals surface area contributed by atoms with E-state index in [1.165, 1.54) is 21.9 Å². The Hall–Kier alpha value is -3.66. The van der Waals surface area contributed by atoms with Crippen LogP contribution in [0.2, 0.25) is 0 Å². The molecule has 1 saturated carbocycles. The highest BCUT2D eigenvalue weighted by molar-refractivity contribution is 6.00. The molecule has 0 N–H and O–H groups in total. The van der Waals surface area contributed by atoms with Gasteiger partial charge in [0.25, 0.3) is 0 Å². The van der Waals surface area contributed by atoms with Crippen molar-refractivity contribution in [2.24, 2.45) is 11.8 Å². The van der Waals surface area contributed by atoms with E-state index >= 15 is 0 Å². The second-order valence-corrected chi connectivity index (χ2v) is 10.7. The second kappa shape index (κ2) is 11.4. The first-order chi connectivity index (χ1) is 18.4. The fourth-order valence-electron chi connectivity index (χ4n) is 5.28. The van der Waals surface area contributed by atoms with Crippen LogP contribution in [0.1, 0.15) is 64.5 Å². The highest BCUT2D eigenvalue weighted by atomic mass is 16.5. The van der Waals surface area contributed by atoms with Crippen LogP contribution in [-0.2, 0) is 19.1 Å². The van der Waals surface area contributed by atoms with E-state index in [0.717, 1.165) is 22.8 Å². The Morgan fingerprint density at radius 3 is 2.11 bits per heavy atom. The zero-order valence-electron chi connectivity index (χ0n) is 22.5. The monoisotopic (exact) mass is 508 g/mol. The second-order valence-electron chi connectivity index (χ2n) is 10.7. The molecular weight excluding hydrogens is 472 g/mol. The Morgan fingerprint density at radius 2 is 1.42 bits per heavy atom. The van der Waals surface area contributed by atoms with Crippen LogP contribution in [0, 0.1) is 11.8 Å². The fraction of sp³-hybridized carbons (Fsp3) is 0.353. The zero-order chi connectivity index (χ0) is 26.6. The van der Waals surface area contributed by atoms with E-state index in [4.69, 9.17) is 9.47 Å². The average molecular weight is 509 g/mol. The molecule has 4 nitrogen and oxygen atoms in total. The van der Waals surface area contributed by atoms with Gasteiger partial charge in [0.2, 0.25) is 0 Å². The van der Waals surface area contributed by atoms with Gasteiger partial charge in [-0.25, -0.2) is 0 Å². The smallest absolute Gasteiger partial charge is 0.309 e. The Bertz CT molecular complexity index is 1430. The molecule has 2 atom stereocenters. The summed E-state index contributed by atoms with van der Waals surface area (Å²) >= 11 is 0. The third-order valence-corrected chi connectivity index (χ3v) is 7.99. The van der Waals surface area contributed by atoms with Gasteiger partial charge in [0.05, 0.1) is 11.8 Å². The third kappa shape index (κ3) is 5.75. The van der Waals surface area contributed by atoms with Crippen molar-refractivity contribution in [3.8, 4) is 11.1 Å². The number of ether oxygens (including phenoxy) is 2. The van der Waals surface area contributed by atoms with Gasteiger partial charge < -0.3 is 9.47 Å². The van der Waals surface area contributed by atoms with E-state index in [9.17, 15) is 9.59 Å². The SMILES string of the molecule is CCC(C)C(=O)OC1CCC(C(=O)OC(C)c2ccc3cc4cc(-c5ccccc5)ccc4cc3c2)CC1. The number of benzene rings is 4. The van der Waals surface area contributed by atoms with Crippen LogP contribution in [-0.4, -0.2) is 18.0 Å². The van der Waals surface area contributed by atoms with Gasteiger partial charge in [0.1, 0.15) is 12.2 Å². The molecule has 0 spiro atoms. The third-order valence-electron chi connectivity index (χ3n) is 7.99. The summed E-state index contributed by atoms with van der Waals surface area (Å²) in [5.41, 5.74) is 3.40. The van der Waals surface area contributed by atoms with Crippen LogP contribution in [0.4, 0.5) is 0 Å². The molecule has 0 heterocycles. The van der Waals surface area contributed by atoms with Crippen molar-refractivity contribution < 1.29 is 19.1 Å². The summed E-state index contributed by atoms with van der Waals surface area (Å²) in [5.74, 6) is -0.506. The Balaban J connectivity index is 1.23. The normalized spacial score (nSPS) is 19.1. The predicted molar refractivity (Wildman–Crippen MR) is 153 cm³/mol. The first-order valence-electron chi connectivity index (χ1n) is 13.8. The largest absolute Gasteiger partial charge is 0.462 e. The summed E-state index contributed by atoms with van der Waals surface area (Å²) in [6.07, 6.45) is 3.17. The zero-order valence-corrected chi connectivity index (χ0v) is 22.5. The van der Waals surface area contributed by atoms with E-state index < -0.39 is 0 Å². The lowest BCUT2D eigenvalue weighted by molar-refractivity contribution is -0.159. The van der Waals surface area contributed by atoms with E-state index in [0.29, 0.717) is 25.7 Å². The van der Waals surface area contributed by atoms with E-state index in [1.54, 1.807) is 0 Å². The van der Waals surface area contributed by atoms with Crippen LogP contribution in [0.25, 0.3) is 32.7 Å². The number of esters is 2. The molecule has 0 aromatic heterocycles. The van der Waals surface area contributed by atoms with E-state index in [1.807, 2.05) is 26.8 Å². The topological polar surface area (TPSA) is 52.6 Å². The van der Waals surface area contributed by atoms with Crippen LogP contribution in [0.5, 0.6) is 0 Å². The maximum Gasteiger partial charge on any atom is 0.309 e. The molecule has 0 radical (unpaired) electrons. The Morgan fingerprint density at radius 1 is 0.763 bits per heavy atom. The molecule has 4 aromatic carbocycles. The molecule has 1 aliphatic rings. The molecule has 4 heteroatoms. The van der Waals surface area contributed by atoms with Gasteiger partial charge in [0, 0.05) is 0 Å². The van der Waals surface area contributed by atoms with Crippen molar-refractivity contribution in [3.05, 3.63) is 84.4 Å². The highest BCUT2D eigenvalue weighted by Gasteiger charge is 2.31. The van der Waals surface area contributed by atoms with Gasteiger partial charge in [-0.2, -0.15) is 0 Å². The van der Waals surface area contributed by atoms with Gasteiger partial charge in [-0.1, -0.05) is 68.4 Å². The average Bonchev–Trinajstić information content (AvgIpc) is 2.95. The summed E-state index contributed by atoms with van der Waals surface area (Å²) in [4.78, 5) is 25.0. The quantitative estimate of drug-likeness (QED) is 0.186. The summed E-state index contributed by atoms with van der Waals surface area (Å²) in [7, 11) is 0. The first-order valence-corrected chi connectivity index (χ1v) is 13.8. The number of hydrogen-bond donors (Lipinski definition) is 0. The molecule has 0 saturated heterocycles. The van der Waals surface area contributed by atoms with Crippen LogP contribution in [0.3, 0.4) is 0 Å². The highest BCUT2D eigenvalue weighted by Crippen LogP contribution is 2.32. The van der Waals surface area contributed by atoms with Gasteiger partial charge in [-0.3, -0.25) is 9.59 Å². The van der Waals surface area contributed by atoms with Crippen LogP contribution >= 0.6 is 0 Å². The van der Waals surface area contributed by atoms with E-state index in [-0.39, 0.29) is 36.0 Å². The van der Waals surface area contributed by atoms with Gasteiger partial charge >= 0.3 is 11.9 Å². The first kappa shape index (κ1) is 26.0. The van der Waals surface area contributed by atoms with Crippen LogP contribution < -0.4 is 0 Å². The fourth-order valence-corrected chi connectivity index (χ4v) is 5.28. The molecule has 4 aromatic rings. The molecule has 0 bridgehead atoms. The molecule has 5 rings (SSSR count). The minimum absolute atomic E-state index is 0.0785. The van der Waals surface area contributed by atoms with Gasteiger partial charge in [-0.05, 0) is 102 Å². The van der Waals surface area contributed by atoms with Crippen molar-refractivity contribution in [3.63, 3.8) is 0 Å². The van der Waals surface area contributed by atoms with E-state index in [2.05, 4.69) is 72.8 Å². The summed E-state index contributed by atoms with van der Waals surface area (Å²) in [6, 6.07) is 27.7. The predicted octanol–water partition coefficient (Wildman–Crippen LogP) is 8.41. The van der Waals surface area contributed by atoms with Crippen molar-refractivity contribution in [1.82, 2.24) is 0 Å². The number of carbonyl (C=O) groups is 2. The molecule has 196 valence electrons. The lowest BCUT2D eigenvalue weighted by Gasteiger charge is -2.28. The Kier molecular flexibility index (Phi) is 7.78. The minimum atomic E-state index is -0.330. The van der Waals surface area contributed by atoms with Gasteiger partial charge in [-0.15, -0.1) is 0 Å².